The molecule has 0 aliphatic heterocycles. The molecule has 0 saturated heterocycles. The second kappa shape index (κ2) is 6.20. The second-order valence-electron chi connectivity index (χ2n) is 3.73. The van der Waals surface area contributed by atoms with Crippen LogP contribution in [0.1, 0.15) is 6.92 Å². The van der Waals surface area contributed by atoms with Gasteiger partial charge in [0.2, 0.25) is 0 Å². The number of hydrogen-bond acceptors (Lipinski definition) is 3. The summed E-state index contributed by atoms with van der Waals surface area (Å²) in [5.74, 6) is 0. The number of thiophene rings is 1. The summed E-state index contributed by atoms with van der Waals surface area (Å²) in [4.78, 5) is 12.3. The van der Waals surface area contributed by atoms with Gasteiger partial charge in [-0.05, 0) is 24.4 Å². The highest BCUT2D eigenvalue weighted by molar-refractivity contribution is 7.13. The van der Waals surface area contributed by atoms with Crippen LogP contribution in [-0.4, -0.2) is 28.9 Å². The third-order valence-electron chi connectivity index (χ3n) is 2.38. The zero-order chi connectivity index (χ0) is 12.8. The highest BCUT2D eigenvalue weighted by atomic mass is 32.1. The van der Waals surface area contributed by atoms with Crippen LogP contribution in [0, 0.1) is 0 Å². The number of hydrogen-bond donors (Lipinski definition) is 2. The number of carbonyl (C=O) groups excluding carboxylic acids is 1. The minimum Gasteiger partial charge on any atom is -0.338 e. The Balaban J connectivity index is 1.82. The summed E-state index contributed by atoms with van der Waals surface area (Å²) >= 11 is 1.67. The van der Waals surface area contributed by atoms with Crippen molar-refractivity contribution >= 4 is 17.4 Å². The lowest BCUT2D eigenvalue weighted by atomic mass is 10.3. The van der Waals surface area contributed by atoms with Gasteiger partial charge in [-0.1, -0.05) is 6.07 Å². The van der Waals surface area contributed by atoms with Crippen molar-refractivity contribution in [3.05, 3.63) is 29.8 Å². The van der Waals surface area contributed by atoms with Gasteiger partial charge in [0.1, 0.15) is 5.69 Å². The van der Waals surface area contributed by atoms with E-state index in [1.54, 1.807) is 11.3 Å². The molecule has 96 valence electrons. The lowest BCUT2D eigenvalue weighted by molar-refractivity contribution is 0.241. The van der Waals surface area contributed by atoms with E-state index in [2.05, 4.69) is 15.7 Å². The maximum absolute atomic E-state index is 11.2. The molecule has 2 amide bonds. The highest BCUT2D eigenvalue weighted by Crippen LogP contribution is 2.21. The molecule has 2 aromatic heterocycles. The summed E-state index contributed by atoms with van der Waals surface area (Å²) in [5.41, 5.74) is 0.975. The van der Waals surface area contributed by atoms with Crippen LogP contribution in [0.2, 0.25) is 0 Å². The zero-order valence-corrected chi connectivity index (χ0v) is 11.0. The van der Waals surface area contributed by atoms with Crippen molar-refractivity contribution in [2.24, 2.45) is 0 Å². The van der Waals surface area contributed by atoms with E-state index >= 15 is 0 Å². The SMILES string of the molecule is CCNC(=O)NCCn1ccc(-c2cccs2)n1. The van der Waals surface area contributed by atoms with Crippen molar-refractivity contribution in [1.29, 1.82) is 0 Å². The largest absolute Gasteiger partial charge is 0.338 e. The number of nitrogens with one attached hydrogen (secondary N) is 2. The lowest BCUT2D eigenvalue weighted by Gasteiger charge is -2.05. The molecule has 2 heterocycles. The molecule has 2 N–H and O–H groups in total. The minimum atomic E-state index is -0.136. The van der Waals surface area contributed by atoms with Crippen molar-refractivity contribution < 1.29 is 4.79 Å². The molecule has 0 saturated carbocycles. The Morgan fingerprint density at radius 1 is 1.44 bits per heavy atom. The molecule has 0 aromatic carbocycles. The molecule has 6 heteroatoms. The molecule has 0 atom stereocenters. The monoisotopic (exact) mass is 264 g/mol. The fourth-order valence-electron chi connectivity index (χ4n) is 1.55. The van der Waals surface area contributed by atoms with E-state index in [1.807, 2.05) is 41.4 Å². The fourth-order valence-corrected chi connectivity index (χ4v) is 2.24. The van der Waals surface area contributed by atoms with Crippen LogP contribution in [0.25, 0.3) is 10.6 Å². The van der Waals surface area contributed by atoms with Crippen LogP contribution >= 0.6 is 11.3 Å². The van der Waals surface area contributed by atoms with Crippen molar-refractivity contribution in [3.63, 3.8) is 0 Å². The molecule has 0 bridgehead atoms. The van der Waals surface area contributed by atoms with Crippen LogP contribution in [0.5, 0.6) is 0 Å². The number of urea groups is 1. The van der Waals surface area contributed by atoms with E-state index < -0.39 is 0 Å². The maximum atomic E-state index is 11.2. The Morgan fingerprint density at radius 3 is 3.06 bits per heavy atom. The summed E-state index contributed by atoms with van der Waals surface area (Å²) in [7, 11) is 0. The van der Waals surface area contributed by atoms with E-state index in [-0.39, 0.29) is 6.03 Å². The third-order valence-corrected chi connectivity index (χ3v) is 3.27. The van der Waals surface area contributed by atoms with Gasteiger partial charge in [0.25, 0.3) is 0 Å². The van der Waals surface area contributed by atoms with E-state index in [4.69, 9.17) is 0 Å². The van der Waals surface area contributed by atoms with Crippen LogP contribution in [-0.2, 0) is 6.54 Å². The van der Waals surface area contributed by atoms with Gasteiger partial charge >= 0.3 is 6.03 Å². The Morgan fingerprint density at radius 2 is 2.33 bits per heavy atom. The van der Waals surface area contributed by atoms with Crippen molar-refractivity contribution in [1.82, 2.24) is 20.4 Å². The number of amides is 2. The van der Waals surface area contributed by atoms with Crippen LogP contribution in [0.4, 0.5) is 4.79 Å². The average molecular weight is 264 g/mol. The Hall–Kier alpha value is -1.82. The first-order chi connectivity index (χ1) is 8.79. The highest BCUT2D eigenvalue weighted by Gasteiger charge is 2.03. The third kappa shape index (κ3) is 3.33. The quantitative estimate of drug-likeness (QED) is 0.867. The lowest BCUT2D eigenvalue weighted by Crippen LogP contribution is -2.37. The van der Waals surface area contributed by atoms with Gasteiger partial charge < -0.3 is 10.6 Å². The standard InChI is InChI=1S/C12H16N4OS/c1-2-13-12(17)14-6-8-16-7-5-10(15-16)11-4-3-9-18-11/h3-5,7,9H,2,6,8H2,1H3,(H2,13,14,17). The predicted octanol–water partition coefficient (Wildman–Crippen LogP) is 1.93. The van der Waals surface area contributed by atoms with Gasteiger partial charge in [0.15, 0.2) is 0 Å². The second-order valence-corrected chi connectivity index (χ2v) is 4.68. The smallest absolute Gasteiger partial charge is 0.314 e. The van der Waals surface area contributed by atoms with Crippen LogP contribution < -0.4 is 10.6 Å². The molecule has 0 unspecified atom stereocenters. The summed E-state index contributed by atoms with van der Waals surface area (Å²) in [6, 6.07) is 5.90. The Bertz CT molecular complexity index is 492. The number of nitrogens with zero attached hydrogens (tertiary/aromatic N) is 2. The average Bonchev–Trinajstić information content (AvgIpc) is 2.99. The van der Waals surface area contributed by atoms with Crippen molar-refractivity contribution in [2.45, 2.75) is 13.5 Å². The first-order valence-corrected chi connectivity index (χ1v) is 6.76. The molecule has 2 aromatic rings. The molecule has 0 aliphatic carbocycles. The molecule has 18 heavy (non-hydrogen) atoms. The van der Waals surface area contributed by atoms with Crippen molar-refractivity contribution in [3.8, 4) is 10.6 Å². The Kier molecular flexibility index (Phi) is 4.35. The summed E-state index contributed by atoms with van der Waals surface area (Å²) in [6.07, 6.45) is 1.93. The first kappa shape index (κ1) is 12.6. The number of carbonyl (C=O) groups is 1. The topological polar surface area (TPSA) is 59.0 Å². The normalized spacial score (nSPS) is 10.3. The van der Waals surface area contributed by atoms with E-state index in [0.717, 1.165) is 10.6 Å². The molecular weight excluding hydrogens is 248 g/mol. The summed E-state index contributed by atoms with van der Waals surface area (Å²) < 4.78 is 1.83. The van der Waals surface area contributed by atoms with Gasteiger partial charge in [-0.2, -0.15) is 5.10 Å². The van der Waals surface area contributed by atoms with Crippen LogP contribution in [0.3, 0.4) is 0 Å². The first-order valence-electron chi connectivity index (χ1n) is 5.88. The van der Waals surface area contributed by atoms with E-state index in [0.29, 0.717) is 19.6 Å². The zero-order valence-electron chi connectivity index (χ0n) is 10.2. The fraction of sp³-hybridized carbons (Fsp3) is 0.333. The van der Waals surface area contributed by atoms with E-state index in [9.17, 15) is 4.79 Å². The minimum absolute atomic E-state index is 0.136. The molecule has 0 aliphatic rings. The summed E-state index contributed by atoms with van der Waals surface area (Å²) in [6.45, 7) is 3.76. The Labute approximate surface area is 110 Å². The predicted molar refractivity (Wildman–Crippen MR) is 72.6 cm³/mol. The molecule has 0 spiro atoms. The summed E-state index contributed by atoms with van der Waals surface area (Å²) in [5, 5.41) is 11.9. The van der Waals surface area contributed by atoms with Gasteiger partial charge in [0, 0.05) is 19.3 Å². The van der Waals surface area contributed by atoms with Gasteiger partial charge in [0.05, 0.1) is 11.4 Å². The number of aromatic nitrogens is 2. The maximum Gasteiger partial charge on any atom is 0.314 e. The van der Waals surface area contributed by atoms with Crippen LogP contribution in [0.15, 0.2) is 29.8 Å². The van der Waals surface area contributed by atoms with Gasteiger partial charge in [-0.3, -0.25) is 4.68 Å². The molecule has 0 radical (unpaired) electrons. The van der Waals surface area contributed by atoms with Gasteiger partial charge in [-0.25, -0.2) is 4.79 Å². The molecular formula is C12H16N4OS. The van der Waals surface area contributed by atoms with Gasteiger partial charge in [-0.15, -0.1) is 11.3 Å². The molecule has 2 rings (SSSR count). The van der Waals surface area contributed by atoms with E-state index in [1.165, 1.54) is 0 Å². The number of rotatable bonds is 5. The molecule has 0 fully saturated rings. The molecule has 5 nitrogen and oxygen atoms in total. The van der Waals surface area contributed by atoms with Crippen molar-refractivity contribution in [2.75, 3.05) is 13.1 Å².